The minimum Gasteiger partial charge on any atom is -0.328 e. The van der Waals surface area contributed by atoms with Gasteiger partial charge in [0.2, 0.25) is 0 Å². The summed E-state index contributed by atoms with van der Waals surface area (Å²) in [5.74, 6) is -0.0970. The van der Waals surface area contributed by atoms with Crippen LogP contribution in [0.1, 0.15) is 68.7 Å². The summed E-state index contributed by atoms with van der Waals surface area (Å²) in [6.45, 7) is 7.10. The van der Waals surface area contributed by atoms with Crippen molar-refractivity contribution < 1.29 is 9.18 Å². The first-order valence-corrected chi connectivity index (χ1v) is 11.1. The van der Waals surface area contributed by atoms with Crippen LogP contribution in [0.2, 0.25) is 0 Å². The molecule has 0 N–H and O–H groups in total. The maximum Gasteiger partial charge on any atom is 0.261 e. The summed E-state index contributed by atoms with van der Waals surface area (Å²) < 4.78 is 15.5. The fourth-order valence-electron chi connectivity index (χ4n) is 3.94. The van der Waals surface area contributed by atoms with Gasteiger partial charge in [-0.3, -0.25) is 14.2 Å². The number of benzene rings is 2. The first-order valence-electron chi connectivity index (χ1n) is 11.1. The molecule has 0 aliphatic carbocycles. The third kappa shape index (κ3) is 4.84. The minimum atomic E-state index is -0.443. The van der Waals surface area contributed by atoms with Crippen molar-refractivity contribution in [3.63, 3.8) is 0 Å². The highest BCUT2D eigenvalue weighted by Crippen LogP contribution is 2.26. The van der Waals surface area contributed by atoms with Gasteiger partial charge in [-0.05, 0) is 49.6 Å². The van der Waals surface area contributed by atoms with E-state index in [1.807, 2.05) is 32.0 Å². The predicted molar refractivity (Wildman–Crippen MR) is 122 cm³/mol. The van der Waals surface area contributed by atoms with E-state index >= 15 is 0 Å². The number of fused-ring (bicyclic) bond motifs is 1. The number of carbonyl (C=O) groups excluding carboxylic acids is 1. The number of hydrogen-bond acceptors (Lipinski definition) is 3. The van der Waals surface area contributed by atoms with E-state index < -0.39 is 5.82 Å². The highest BCUT2D eigenvalue weighted by Gasteiger charge is 2.29. The predicted octanol–water partition coefficient (Wildman–Crippen LogP) is 5.34. The molecule has 0 saturated carbocycles. The summed E-state index contributed by atoms with van der Waals surface area (Å²) in [7, 11) is 0. The minimum absolute atomic E-state index is 0.0884. The second-order valence-corrected chi connectivity index (χ2v) is 7.73. The van der Waals surface area contributed by atoms with Gasteiger partial charge in [-0.2, -0.15) is 0 Å². The molecule has 1 heterocycles. The lowest BCUT2D eigenvalue weighted by Crippen LogP contribution is -2.39. The van der Waals surface area contributed by atoms with E-state index in [0.717, 1.165) is 19.3 Å². The lowest BCUT2D eigenvalue weighted by molar-refractivity contribution is 0.0652. The first-order chi connectivity index (χ1) is 15.0. The van der Waals surface area contributed by atoms with Crippen molar-refractivity contribution in [3.05, 3.63) is 76.1 Å². The normalized spacial score (nSPS) is 12.1. The van der Waals surface area contributed by atoms with Crippen LogP contribution in [0, 0.1) is 5.82 Å². The van der Waals surface area contributed by atoms with E-state index in [9.17, 15) is 14.0 Å². The molecule has 164 valence electrons. The molecule has 2 aromatic carbocycles. The number of hydrogen-bond donors (Lipinski definition) is 0. The van der Waals surface area contributed by atoms with Crippen molar-refractivity contribution in [1.29, 1.82) is 0 Å². The number of halogens is 1. The molecule has 0 fully saturated rings. The largest absolute Gasteiger partial charge is 0.328 e. The van der Waals surface area contributed by atoms with Crippen LogP contribution in [0.15, 0.2) is 53.3 Å². The zero-order valence-corrected chi connectivity index (χ0v) is 18.5. The smallest absolute Gasteiger partial charge is 0.261 e. The van der Waals surface area contributed by atoms with Gasteiger partial charge in [0.25, 0.3) is 11.5 Å². The standard InChI is InChI=1S/C25H30FN3O2/c1-4-7-16-28(24(30)18-11-10-12-19(26)17-18)22(6-3)23-27-21-14-9-8-13-20(21)25(31)29(23)15-5-2/h8-14,17,22H,4-7,15-16H2,1-3H3. The summed E-state index contributed by atoms with van der Waals surface area (Å²) in [4.78, 5) is 33.3. The number of unbranched alkanes of at least 4 members (excludes halogenated alkanes) is 1. The van der Waals surface area contributed by atoms with Gasteiger partial charge >= 0.3 is 0 Å². The van der Waals surface area contributed by atoms with Gasteiger partial charge in [0.1, 0.15) is 11.6 Å². The number of rotatable bonds is 9. The Hall–Kier alpha value is -3.02. The SMILES string of the molecule is CCCCN(C(=O)c1cccc(F)c1)C(CC)c1nc2ccccc2c(=O)n1CCC. The number of carbonyl (C=O) groups is 1. The summed E-state index contributed by atoms with van der Waals surface area (Å²) in [5.41, 5.74) is 0.844. The number of nitrogens with zero attached hydrogens (tertiary/aromatic N) is 3. The molecule has 1 atom stereocenters. The van der Waals surface area contributed by atoms with Gasteiger partial charge in [0.05, 0.1) is 16.9 Å². The van der Waals surface area contributed by atoms with E-state index in [2.05, 4.69) is 6.92 Å². The Labute approximate surface area is 182 Å². The van der Waals surface area contributed by atoms with Crippen molar-refractivity contribution in [2.24, 2.45) is 0 Å². The second kappa shape index (κ2) is 10.3. The molecule has 1 unspecified atom stereocenters. The van der Waals surface area contributed by atoms with Crippen LogP contribution in [0.3, 0.4) is 0 Å². The number of amides is 1. The molecule has 1 aromatic heterocycles. The molecule has 6 heteroatoms. The Balaban J connectivity index is 2.15. The third-order valence-corrected chi connectivity index (χ3v) is 5.48. The highest BCUT2D eigenvalue weighted by atomic mass is 19.1. The molecule has 5 nitrogen and oxygen atoms in total. The van der Waals surface area contributed by atoms with E-state index in [0.29, 0.717) is 41.8 Å². The average molecular weight is 424 g/mol. The Morgan fingerprint density at radius 2 is 1.87 bits per heavy atom. The molecule has 0 saturated heterocycles. The first kappa shape index (κ1) is 22.7. The molecule has 0 aliphatic heterocycles. The molecule has 0 bridgehead atoms. The maximum atomic E-state index is 13.8. The Kier molecular flexibility index (Phi) is 7.55. The lowest BCUT2D eigenvalue weighted by atomic mass is 10.1. The molecular weight excluding hydrogens is 393 g/mol. The quantitative estimate of drug-likeness (QED) is 0.467. The van der Waals surface area contributed by atoms with Gasteiger partial charge in [-0.15, -0.1) is 0 Å². The second-order valence-electron chi connectivity index (χ2n) is 7.73. The van der Waals surface area contributed by atoms with Gasteiger partial charge < -0.3 is 4.90 Å². The van der Waals surface area contributed by atoms with E-state index in [1.54, 1.807) is 27.7 Å². The molecule has 3 rings (SSSR count). The Bertz CT molecular complexity index is 1110. The van der Waals surface area contributed by atoms with Crippen LogP contribution in [-0.4, -0.2) is 26.9 Å². The topological polar surface area (TPSA) is 55.2 Å². The highest BCUT2D eigenvalue weighted by molar-refractivity contribution is 5.94. The summed E-state index contributed by atoms with van der Waals surface area (Å²) in [6, 6.07) is 12.7. The zero-order chi connectivity index (χ0) is 22.4. The Morgan fingerprint density at radius 1 is 1.10 bits per heavy atom. The van der Waals surface area contributed by atoms with Gasteiger partial charge in [-0.1, -0.05) is 45.4 Å². The Morgan fingerprint density at radius 3 is 2.55 bits per heavy atom. The third-order valence-electron chi connectivity index (χ3n) is 5.48. The van der Waals surface area contributed by atoms with Crippen molar-refractivity contribution in [2.45, 2.75) is 59.0 Å². The van der Waals surface area contributed by atoms with Crippen molar-refractivity contribution >= 4 is 16.8 Å². The van der Waals surface area contributed by atoms with Crippen molar-refractivity contribution in [3.8, 4) is 0 Å². The van der Waals surface area contributed by atoms with Crippen LogP contribution >= 0.6 is 0 Å². The van der Waals surface area contributed by atoms with Crippen LogP contribution in [0.4, 0.5) is 4.39 Å². The number of para-hydroxylation sites is 1. The molecule has 3 aromatic rings. The fraction of sp³-hybridized carbons (Fsp3) is 0.400. The molecule has 0 radical (unpaired) electrons. The van der Waals surface area contributed by atoms with E-state index in [1.165, 1.54) is 12.1 Å². The monoisotopic (exact) mass is 423 g/mol. The molecule has 31 heavy (non-hydrogen) atoms. The van der Waals surface area contributed by atoms with Gasteiger partial charge in [0, 0.05) is 18.7 Å². The van der Waals surface area contributed by atoms with Crippen LogP contribution in [-0.2, 0) is 6.54 Å². The van der Waals surface area contributed by atoms with Crippen molar-refractivity contribution in [2.75, 3.05) is 6.54 Å². The van der Waals surface area contributed by atoms with Crippen LogP contribution < -0.4 is 5.56 Å². The fourth-order valence-corrected chi connectivity index (χ4v) is 3.94. The molecular formula is C25H30FN3O2. The zero-order valence-electron chi connectivity index (χ0n) is 18.5. The molecule has 0 spiro atoms. The van der Waals surface area contributed by atoms with Gasteiger partial charge in [0.15, 0.2) is 0 Å². The summed E-state index contributed by atoms with van der Waals surface area (Å²) in [5, 5.41) is 0.575. The van der Waals surface area contributed by atoms with Gasteiger partial charge in [-0.25, -0.2) is 9.37 Å². The van der Waals surface area contributed by atoms with E-state index in [-0.39, 0.29) is 17.5 Å². The van der Waals surface area contributed by atoms with Crippen molar-refractivity contribution in [1.82, 2.24) is 14.5 Å². The molecule has 0 aliphatic rings. The number of aromatic nitrogens is 2. The maximum absolute atomic E-state index is 13.8. The molecule has 1 amide bonds. The van der Waals surface area contributed by atoms with E-state index in [4.69, 9.17) is 4.98 Å². The van der Waals surface area contributed by atoms with Crippen LogP contribution in [0.25, 0.3) is 10.9 Å². The lowest BCUT2D eigenvalue weighted by Gasteiger charge is -2.32. The summed E-state index contributed by atoms with van der Waals surface area (Å²) >= 11 is 0. The van der Waals surface area contributed by atoms with Crippen LogP contribution in [0.5, 0.6) is 0 Å². The summed E-state index contributed by atoms with van der Waals surface area (Å²) in [6.07, 6.45) is 3.09. The average Bonchev–Trinajstić information content (AvgIpc) is 2.78.